The largest absolute Gasteiger partial charge is 0.378 e. The molecule has 1 rings (SSSR count). The summed E-state index contributed by atoms with van der Waals surface area (Å²) in [6, 6.07) is 0.450. The maximum atomic E-state index is 5.60. The molecule has 2 atom stereocenters. The van der Waals surface area contributed by atoms with Crippen molar-refractivity contribution in [3.63, 3.8) is 0 Å². The summed E-state index contributed by atoms with van der Waals surface area (Å²) in [5.74, 6) is 7.89. The van der Waals surface area contributed by atoms with E-state index in [4.69, 9.17) is 10.6 Å². The first-order chi connectivity index (χ1) is 7.36. The van der Waals surface area contributed by atoms with Gasteiger partial charge in [0, 0.05) is 18.4 Å². The van der Waals surface area contributed by atoms with Crippen LogP contribution in [-0.2, 0) is 4.74 Å². The minimum atomic E-state index is 0.450. The van der Waals surface area contributed by atoms with Gasteiger partial charge in [0.1, 0.15) is 0 Å². The number of thioether (sulfide) groups is 1. The highest BCUT2D eigenvalue weighted by molar-refractivity contribution is 7.99. The number of rotatable bonds is 8. The van der Waals surface area contributed by atoms with Crippen molar-refractivity contribution >= 4 is 11.8 Å². The Morgan fingerprint density at radius 1 is 1.60 bits per heavy atom. The van der Waals surface area contributed by atoms with Crippen LogP contribution >= 0.6 is 11.8 Å². The van der Waals surface area contributed by atoms with E-state index in [0.717, 1.165) is 25.2 Å². The minimum Gasteiger partial charge on any atom is -0.378 e. The SMILES string of the molecule is CCCSCC(CCC1CCCO1)NN. The molecular weight excluding hydrogens is 208 g/mol. The monoisotopic (exact) mass is 232 g/mol. The molecule has 0 aromatic heterocycles. The molecule has 1 heterocycles. The van der Waals surface area contributed by atoms with Crippen molar-refractivity contribution in [1.29, 1.82) is 0 Å². The van der Waals surface area contributed by atoms with Crippen molar-refractivity contribution in [1.82, 2.24) is 5.43 Å². The molecular formula is C11H24N2OS. The van der Waals surface area contributed by atoms with E-state index in [1.807, 2.05) is 11.8 Å². The smallest absolute Gasteiger partial charge is 0.0576 e. The fraction of sp³-hybridized carbons (Fsp3) is 1.00. The second-order valence-corrected chi connectivity index (χ2v) is 5.30. The molecule has 0 radical (unpaired) electrons. The van der Waals surface area contributed by atoms with Crippen molar-refractivity contribution in [2.45, 2.75) is 51.2 Å². The van der Waals surface area contributed by atoms with Gasteiger partial charge in [0.15, 0.2) is 0 Å². The normalized spacial score (nSPS) is 23.2. The highest BCUT2D eigenvalue weighted by atomic mass is 32.2. The molecule has 2 unspecified atom stereocenters. The molecule has 15 heavy (non-hydrogen) atoms. The third-order valence-corrected chi connectivity index (χ3v) is 4.10. The van der Waals surface area contributed by atoms with Crippen molar-refractivity contribution < 1.29 is 4.74 Å². The lowest BCUT2D eigenvalue weighted by Crippen LogP contribution is -2.37. The van der Waals surface area contributed by atoms with Gasteiger partial charge in [0.25, 0.3) is 0 Å². The Labute approximate surface area is 97.5 Å². The molecule has 0 aromatic carbocycles. The summed E-state index contributed by atoms with van der Waals surface area (Å²) in [5, 5.41) is 0. The topological polar surface area (TPSA) is 47.3 Å². The van der Waals surface area contributed by atoms with Gasteiger partial charge >= 0.3 is 0 Å². The standard InChI is InChI=1S/C11H24N2OS/c1-2-8-15-9-10(13-12)5-6-11-4-3-7-14-11/h10-11,13H,2-9,12H2,1H3. The number of hydrogen-bond donors (Lipinski definition) is 2. The van der Waals surface area contributed by atoms with E-state index in [1.165, 1.54) is 25.0 Å². The van der Waals surface area contributed by atoms with Crippen LogP contribution in [0.3, 0.4) is 0 Å². The molecule has 1 saturated heterocycles. The molecule has 1 aliphatic rings. The van der Waals surface area contributed by atoms with Gasteiger partial charge in [-0.15, -0.1) is 0 Å². The van der Waals surface area contributed by atoms with Crippen molar-refractivity contribution in [2.24, 2.45) is 5.84 Å². The molecule has 0 spiro atoms. The van der Waals surface area contributed by atoms with Crippen LogP contribution in [0.1, 0.15) is 39.0 Å². The van der Waals surface area contributed by atoms with Crippen LogP contribution in [0.2, 0.25) is 0 Å². The second kappa shape index (κ2) is 8.39. The van der Waals surface area contributed by atoms with Crippen LogP contribution in [0.25, 0.3) is 0 Å². The Hall–Kier alpha value is 0.230. The van der Waals surface area contributed by atoms with Crippen molar-refractivity contribution in [2.75, 3.05) is 18.1 Å². The van der Waals surface area contributed by atoms with Crippen LogP contribution in [0.4, 0.5) is 0 Å². The molecule has 90 valence electrons. The van der Waals surface area contributed by atoms with Gasteiger partial charge in [0.05, 0.1) is 6.10 Å². The van der Waals surface area contributed by atoms with Crippen LogP contribution in [0, 0.1) is 0 Å². The number of ether oxygens (including phenoxy) is 1. The molecule has 3 N–H and O–H groups in total. The van der Waals surface area contributed by atoms with Crippen molar-refractivity contribution in [3.05, 3.63) is 0 Å². The zero-order valence-corrected chi connectivity index (χ0v) is 10.5. The molecule has 3 nitrogen and oxygen atoms in total. The number of hydrazine groups is 1. The fourth-order valence-corrected chi connectivity index (χ4v) is 2.85. The summed E-state index contributed by atoms with van der Waals surface area (Å²) in [6.45, 7) is 3.17. The Balaban J connectivity index is 2.04. The molecule has 1 fully saturated rings. The Morgan fingerprint density at radius 2 is 2.47 bits per heavy atom. The van der Waals surface area contributed by atoms with Crippen LogP contribution in [-0.4, -0.2) is 30.3 Å². The van der Waals surface area contributed by atoms with Gasteiger partial charge in [0.2, 0.25) is 0 Å². The molecule has 0 aliphatic carbocycles. The van der Waals surface area contributed by atoms with Gasteiger partial charge in [-0.2, -0.15) is 11.8 Å². The number of hydrogen-bond acceptors (Lipinski definition) is 4. The lowest BCUT2D eigenvalue weighted by atomic mass is 10.1. The fourth-order valence-electron chi connectivity index (χ4n) is 1.84. The molecule has 0 saturated carbocycles. The molecule has 0 amide bonds. The van der Waals surface area contributed by atoms with E-state index < -0.39 is 0 Å². The molecule has 0 aromatic rings. The van der Waals surface area contributed by atoms with E-state index in [-0.39, 0.29) is 0 Å². The Morgan fingerprint density at radius 3 is 3.07 bits per heavy atom. The second-order valence-electron chi connectivity index (χ2n) is 4.15. The predicted molar refractivity (Wildman–Crippen MR) is 66.9 cm³/mol. The summed E-state index contributed by atoms with van der Waals surface area (Å²) in [4.78, 5) is 0. The van der Waals surface area contributed by atoms with E-state index in [2.05, 4.69) is 12.3 Å². The maximum Gasteiger partial charge on any atom is 0.0576 e. The summed E-state index contributed by atoms with van der Waals surface area (Å²) in [5.41, 5.74) is 2.91. The van der Waals surface area contributed by atoms with E-state index in [1.54, 1.807) is 0 Å². The highest BCUT2D eigenvalue weighted by Crippen LogP contribution is 2.18. The van der Waals surface area contributed by atoms with Gasteiger partial charge in [-0.05, 0) is 37.9 Å². The van der Waals surface area contributed by atoms with Crippen LogP contribution in [0.15, 0.2) is 0 Å². The first kappa shape index (κ1) is 13.3. The predicted octanol–water partition coefficient (Wildman–Crippen LogP) is 1.92. The first-order valence-electron chi connectivity index (χ1n) is 6.02. The van der Waals surface area contributed by atoms with Gasteiger partial charge in [-0.1, -0.05) is 6.92 Å². The third kappa shape index (κ3) is 5.76. The third-order valence-electron chi connectivity index (χ3n) is 2.76. The highest BCUT2D eigenvalue weighted by Gasteiger charge is 2.17. The molecule has 4 heteroatoms. The zero-order chi connectivity index (χ0) is 10.9. The number of nitrogens with one attached hydrogen (secondary N) is 1. The van der Waals surface area contributed by atoms with Crippen molar-refractivity contribution in [3.8, 4) is 0 Å². The number of nitrogens with two attached hydrogens (primary N) is 1. The van der Waals surface area contributed by atoms with Crippen LogP contribution < -0.4 is 11.3 Å². The van der Waals surface area contributed by atoms with Crippen LogP contribution in [0.5, 0.6) is 0 Å². The first-order valence-corrected chi connectivity index (χ1v) is 7.17. The molecule has 0 bridgehead atoms. The summed E-state index contributed by atoms with van der Waals surface area (Å²) in [6.07, 6.45) is 6.50. The summed E-state index contributed by atoms with van der Waals surface area (Å²) in [7, 11) is 0. The average molecular weight is 232 g/mol. The van der Waals surface area contributed by atoms with Gasteiger partial charge in [-0.25, -0.2) is 0 Å². The lowest BCUT2D eigenvalue weighted by molar-refractivity contribution is 0.100. The summed E-state index contributed by atoms with van der Waals surface area (Å²) < 4.78 is 5.60. The van der Waals surface area contributed by atoms with E-state index >= 15 is 0 Å². The van der Waals surface area contributed by atoms with E-state index in [9.17, 15) is 0 Å². The van der Waals surface area contributed by atoms with Gasteiger partial charge in [-0.3, -0.25) is 11.3 Å². The lowest BCUT2D eigenvalue weighted by Gasteiger charge is -2.17. The average Bonchev–Trinajstić information content (AvgIpc) is 2.76. The Bertz CT molecular complexity index is 152. The zero-order valence-electron chi connectivity index (χ0n) is 9.71. The van der Waals surface area contributed by atoms with Gasteiger partial charge < -0.3 is 4.74 Å². The molecule has 1 aliphatic heterocycles. The minimum absolute atomic E-state index is 0.450. The maximum absolute atomic E-state index is 5.60. The summed E-state index contributed by atoms with van der Waals surface area (Å²) >= 11 is 1.99. The Kier molecular flexibility index (Phi) is 7.44. The quantitative estimate of drug-likeness (QED) is 0.381. The van der Waals surface area contributed by atoms with E-state index in [0.29, 0.717) is 12.1 Å².